The van der Waals surface area contributed by atoms with Gasteiger partial charge in [0.1, 0.15) is 5.69 Å². The first-order chi connectivity index (χ1) is 6.57. The van der Waals surface area contributed by atoms with E-state index in [-0.39, 0.29) is 5.97 Å². The van der Waals surface area contributed by atoms with Gasteiger partial charge in [0.25, 0.3) is 0 Å². The van der Waals surface area contributed by atoms with E-state index in [1.54, 1.807) is 23.9 Å². The third-order valence-electron chi connectivity index (χ3n) is 2.66. The molecule has 0 aromatic carbocycles. The van der Waals surface area contributed by atoms with E-state index in [9.17, 15) is 9.90 Å². The lowest BCUT2D eigenvalue weighted by Crippen LogP contribution is -2.06. The minimum atomic E-state index is -0.690. The van der Waals surface area contributed by atoms with Crippen LogP contribution in [0.1, 0.15) is 28.9 Å². The van der Waals surface area contributed by atoms with E-state index in [0.717, 1.165) is 18.4 Å². The topological polar surface area (TPSA) is 51.5 Å². The predicted molar refractivity (Wildman–Crippen MR) is 49.9 cm³/mol. The van der Waals surface area contributed by atoms with Crippen LogP contribution in [0.15, 0.2) is 12.3 Å². The molecular weight excluding hydrogens is 182 g/mol. The number of hydrogen-bond donors (Lipinski definition) is 1. The molecule has 0 aliphatic heterocycles. The molecule has 1 aliphatic rings. The Labute approximate surface area is 82.1 Å². The van der Waals surface area contributed by atoms with Crippen molar-refractivity contribution in [3.05, 3.63) is 23.5 Å². The minimum absolute atomic E-state index is 0.372. The molecule has 1 aliphatic carbocycles. The van der Waals surface area contributed by atoms with Gasteiger partial charge in [0.05, 0.1) is 12.7 Å². The van der Waals surface area contributed by atoms with E-state index in [1.807, 2.05) is 0 Å². The number of aromatic nitrogens is 1. The molecule has 4 heteroatoms. The molecule has 1 aromatic rings. The predicted octanol–water partition coefficient (Wildman–Crippen LogP) is 0.793. The van der Waals surface area contributed by atoms with Crippen molar-refractivity contribution in [2.45, 2.75) is 18.4 Å². The zero-order valence-corrected chi connectivity index (χ0v) is 8.28. The Bertz CT molecular complexity index is 377. The van der Waals surface area contributed by atoms with E-state index < -0.39 is 5.60 Å². The van der Waals surface area contributed by atoms with Crippen LogP contribution in [0.5, 0.6) is 0 Å². The average molecular weight is 195 g/mol. The van der Waals surface area contributed by atoms with Crippen LogP contribution in [0.4, 0.5) is 0 Å². The number of methoxy groups -OCH3 is 1. The highest BCUT2D eigenvalue weighted by molar-refractivity contribution is 5.88. The molecule has 76 valence electrons. The van der Waals surface area contributed by atoms with Crippen molar-refractivity contribution in [1.82, 2.24) is 4.57 Å². The molecule has 1 fully saturated rings. The lowest BCUT2D eigenvalue weighted by molar-refractivity contribution is 0.0590. The molecule has 2 rings (SSSR count). The Hall–Kier alpha value is -1.29. The highest BCUT2D eigenvalue weighted by Gasteiger charge is 2.43. The molecule has 0 atom stereocenters. The van der Waals surface area contributed by atoms with E-state index in [4.69, 9.17) is 0 Å². The summed E-state index contributed by atoms with van der Waals surface area (Å²) in [6.45, 7) is 0. The van der Waals surface area contributed by atoms with E-state index >= 15 is 0 Å². The first kappa shape index (κ1) is 9.27. The smallest absolute Gasteiger partial charge is 0.354 e. The third-order valence-corrected chi connectivity index (χ3v) is 2.66. The fraction of sp³-hybridized carbons (Fsp3) is 0.500. The van der Waals surface area contributed by atoms with Gasteiger partial charge in [0.2, 0.25) is 0 Å². The second-order valence-corrected chi connectivity index (χ2v) is 3.75. The summed E-state index contributed by atoms with van der Waals surface area (Å²) in [6, 6.07) is 1.69. The largest absolute Gasteiger partial charge is 0.464 e. The maximum Gasteiger partial charge on any atom is 0.354 e. The zero-order chi connectivity index (χ0) is 10.3. The minimum Gasteiger partial charge on any atom is -0.464 e. The van der Waals surface area contributed by atoms with E-state index in [2.05, 4.69) is 4.74 Å². The summed E-state index contributed by atoms with van der Waals surface area (Å²) in [6.07, 6.45) is 3.33. The molecule has 1 aromatic heterocycles. The van der Waals surface area contributed by atoms with Gasteiger partial charge in [-0.15, -0.1) is 0 Å². The van der Waals surface area contributed by atoms with Crippen LogP contribution in [0, 0.1) is 0 Å². The van der Waals surface area contributed by atoms with Gasteiger partial charge in [0.15, 0.2) is 0 Å². The monoisotopic (exact) mass is 195 g/mol. The molecule has 1 heterocycles. The van der Waals surface area contributed by atoms with Gasteiger partial charge in [0, 0.05) is 18.8 Å². The molecule has 0 unspecified atom stereocenters. The summed E-state index contributed by atoms with van der Waals surface area (Å²) in [5.74, 6) is -0.372. The molecule has 0 amide bonds. The number of hydrogen-bond acceptors (Lipinski definition) is 3. The van der Waals surface area contributed by atoms with E-state index in [1.165, 1.54) is 7.11 Å². The molecule has 1 saturated carbocycles. The number of aliphatic hydroxyl groups is 1. The second-order valence-electron chi connectivity index (χ2n) is 3.75. The Morgan fingerprint density at radius 2 is 2.29 bits per heavy atom. The maximum absolute atomic E-state index is 11.3. The van der Waals surface area contributed by atoms with Gasteiger partial charge in [-0.1, -0.05) is 0 Å². The number of ether oxygens (including phenoxy) is 1. The SMILES string of the molecule is COC(=O)c1cc(C2(O)CC2)cn1C. The third kappa shape index (κ3) is 1.32. The number of rotatable bonds is 2. The Morgan fingerprint density at radius 1 is 1.64 bits per heavy atom. The lowest BCUT2D eigenvalue weighted by atomic mass is 10.1. The van der Waals surface area contributed by atoms with Gasteiger partial charge in [-0.2, -0.15) is 0 Å². The van der Waals surface area contributed by atoms with Crippen molar-refractivity contribution in [1.29, 1.82) is 0 Å². The summed E-state index contributed by atoms with van der Waals surface area (Å²) >= 11 is 0. The molecule has 4 nitrogen and oxygen atoms in total. The highest BCUT2D eigenvalue weighted by Crippen LogP contribution is 2.45. The van der Waals surface area contributed by atoms with Crippen molar-refractivity contribution >= 4 is 5.97 Å². The number of carbonyl (C=O) groups excluding carboxylic acids is 1. The Morgan fingerprint density at radius 3 is 2.79 bits per heavy atom. The molecule has 14 heavy (non-hydrogen) atoms. The first-order valence-electron chi connectivity index (χ1n) is 4.54. The zero-order valence-electron chi connectivity index (χ0n) is 8.28. The van der Waals surface area contributed by atoms with Crippen LogP contribution in [0.25, 0.3) is 0 Å². The number of carbonyl (C=O) groups is 1. The van der Waals surface area contributed by atoms with Crippen LogP contribution in [0.3, 0.4) is 0 Å². The summed E-state index contributed by atoms with van der Waals surface area (Å²) in [5, 5.41) is 9.83. The van der Waals surface area contributed by atoms with Crippen LogP contribution >= 0.6 is 0 Å². The van der Waals surface area contributed by atoms with Gasteiger partial charge < -0.3 is 14.4 Å². The quantitative estimate of drug-likeness (QED) is 0.710. The number of esters is 1. The van der Waals surface area contributed by atoms with Crippen LogP contribution < -0.4 is 0 Å². The molecular formula is C10H13NO3. The van der Waals surface area contributed by atoms with Crippen molar-refractivity contribution in [3.63, 3.8) is 0 Å². The van der Waals surface area contributed by atoms with Gasteiger partial charge in [-0.3, -0.25) is 0 Å². The van der Waals surface area contributed by atoms with Gasteiger partial charge >= 0.3 is 5.97 Å². The average Bonchev–Trinajstić information content (AvgIpc) is 2.78. The number of nitrogens with zero attached hydrogens (tertiary/aromatic N) is 1. The normalized spacial score (nSPS) is 17.9. The fourth-order valence-electron chi connectivity index (χ4n) is 1.53. The molecule has 0 spiro atoms. The Balaban J connectivity index is 2.34. The van der Waals surface area contributed by atoms with Crippen molar-refractivity contribution in [3.8, 4) is 0 Å². The van der Waals surface area contributed by atoms with Gasteiger partial charge in [-0.25, -0.2) is 4.79 Å². The molecule has 1 N–H and O–H groups in total. The molecule has 0 bridgehead atoms. The van der Waals surface area contributed by atoms with Crippen molar-refractivity contribution < 1.29 is 14.6 Å². The second kappa shape index (κ2) is 2.85. The van der Waals surface area contributed by atoms with Gasteiger partial charge in [-0.05, 0) is 18.9 Å². The molecule has 0 radical (unpaired) electrons. The lowest BCUT2D eigenvalue weighted by Gasteiger charge is -2.01. The highest BCUT2D eigenvalue weighted by atomic mass is 16.5. The van der Waals surface area contributed by atoms with Crippen LogP contribution in [0.2, 0.25) is 0 Å². The summed E-state index contributed by atoms with van der Waals surface area (Å²) in [4.78, 5) is 11.3. The summed E-state index contributed by atoms with van der Waals surface area (Å²) in [7, 11) is 3.11. The Kier molecular flexibility index (Phi) is 1.89. The first-order valence-corrected chi connectivity index (χ1v) is 4.54. The molecule has 0 saturated heterocycles. The fourth-order valence-corrected chi connectivity index (χ4v) is 1.53. The van der Waals surface area contributed by atoms with E-state index in [0.29, 0.717) is 5.69 Å². The standard InChI is InChI=1S/C10H13NO3/c1-11-6-7(10(13)3-4-10)5-8(11)9(12)14-2/h5-6,13H,3-4H2,1-2H3. The number of aryl methyl sites for hydroxylation is 1. The maximum atomic E-state index is 11.3. The summed E-state index contributed by atoms with van der Waals surface area (Å²) in [5.41, 5.74) is 0.590. The van der Waals surface area contributed by atoms with Crippen LogP contribution in [-0.2, 0) is 17.4 Å². The summed E-state index contributed by atoms with van der Waals surface area (Å²) < 4.78 is 6.30. The van der Waals surface area contributed by atoms with Crippen molar-refractivity contribution in [2.75, 3.05) is 7.11 Å². The van der Waals surface area contributed by atoms with Crippen molar-refractivity contribution in [2.24, 2.45) is 7.05 Å². The van der Waals surface area contributed by atoms with Crippen LogP contribution in [-0.4, -0.2) is 22.8 Å².